The van der Waals surface area contributed by atoms with Crippen LogP contribution in [0.25, 0.3) is 6.08 Å². The van der Waals surface area contributed by atoms with Gasteiger partial charge >= 0.3 is 5.97 Å². The summed E-state index contributed by atoms with van der Waals surface area (Å²) in [6.07, 6.45) is 1.74. The van der Waals surface area contributed by atoms with Crippen molar-refractivity contribution in [1.82, 2.24) is 4.57 Å². The first-order valence-corrected chi connectivity index (χ1v) is 13.1. The first kappa shape index (κ1) is 26.2. The Labute approximate surface area is 226 Å². The van der Waals surface area contributed by atoms with Crippen molar-refractivity contribution in [3.05, 3.63) is 132 Å². The lowest BCUT2D eigenvalue weighted by molar-refractivity contribution is -0.139. The van der Waals surface area contributed by atoms with Gasteiger partial charge in [-0.05, 0) is 73.0 Å². The number of ether oxygens (including phenoxy) is 2. The molecule has 39 heavy (non-hydrogen) atoms. The molecule has 0 amide bonds. The predicted octanol–water partition coefficient (Wildman–Crippen LogP) is 4.66. The minimum absolute atomic E-state index is 0.162. The van der Waals surface area contributed by atoms with Gasteiger partial charge in [0.1, 0.15) is 24.0 Å². The van der Waals surface area contributed by atoms with Crippen molar-refractivity contribution in [1.29, 1.82) is 0 Å². The van der Waals surface area contributed by atoms with Crippen LogP contribution < -0.4 is 19.6 Å². The Morgan fingerprint density at radius 3 is 2.44 bits per heavy atom. The maximum absolute atomic E-state index is 13.7. The third-order valence-corrected chi connectivity index (χ3v) is 7.16. The highest BCUT2D eigenvalue weighted by Crippen LogP contribution is 2.30. The largest absolute Gasteiger partial charge is 0.489 e. The molecule has 0 spiro atoms. The zero-order valence-corrected chi connectivity index (χ0v) is 22.0. The number of hydrogen-bond acceptors (Lipinski definition) is 6. The zero-order valence-electron chi connectivity index (χ0n) is 21.2. The second kappa shape index (κ2) is 11.2. The quantitative estimate of drug-likeness (QED) is 0.317. The standard InChI is InChI=1S/C30H24F2N2O4S/c1-3-37-29(36)26-18(2)33-30-34(27(26)21-9-13-23(32)14-10-21)28(35)25(39-30)16-20-5-4-6-24(15-20)38-17-19-7-11-22(31)12-8-19/h4-16,27H,3,17H2,1-2H3/b25-16-/t27-/m0/s1. The SMILES string of the molecule is CCOC(=O)C1=C(C)N=c2s/c(=C\c3cccc(OCc4ccc(F)cc4)c3)c(=O)n2[C@H]1c1ccc(F)cc1. The highest BCUT2D eigenvalue weighted by atomic mass is 32.1. The Morgan fingerprint density at radius 2 is 1.74 bits per heavy atom. The van der Waals surface area contributed by atoms with Gasteiger partial charge in [0, 0.05) is 0 Å². The molecule has 4 aromatic rings. The molecule has 1 aliphatic heterocycles. The molecule has 0 radical (unpaired) electrons. The van der Waals surface area contributed by atoms with Crippen molar-refractivity contribution >= 4 is 23.4 Å². The van der Waals surface area contributed by atoms with E-state index in [1.807, 2.05) is 12.1 Å². The van der Waals surface area contributed by atoms with Crippen LogP contribution in [0, 0.1) is 11.6 Å². The van der Waals surface area contributed by atoms with Crippen molar-refractivity contribution < 1.29 is 23.0 Å². The number of hydrogen-bond donors (Lipinski definition) is 0. The molecule has 0 N–H and O–H groups in total. The van der Waals surface area contributed by atoms with Gasteiger partial charge in [-0.15, -0.1) is 0 Å². The van der Waals surface area contributed by atoms with Crippen LogP contribution in [-0.4, -0.2) is 17.1 Å². The van der Waals surface area contributed by atoms with Crippen LogP contribution in [0.15, 0.2) is 93.9 Å². The minimum atomic E-state index is -0.812. The number of carbonyl (C=O) groups is 1. The number of nitrogens with zero attached hydrogens (tertiary/aromatic N) is 2. The molecule has 1 aliphatic rings. The third-order valence-electron chi connectivity index (χ3n) is 6.18. The summed E-state index contributed by atoms with van der Waals surface area (Å²) in [5, 5.41) is 0. The van der Waals surface area contributed by atoms with Crippen LogP contribution >= 0.6 is 11.3 Å². The zero-order chi connectivity index (χ0) is 27.5. The predicted molar refractivity (Wildman–Crippen MR) is 144 cm³/mol. The van der Waals surface area contributed by atoms with E-state index in [0.717, 1.165) is 11.1 Å². The summed E-state index contributed by atoms with van der Waals surface area (Å²) in [6.45, 7) is 3.82. The molecule has 6 nitrogen and oxygen atoms in total. The molecule has 0 saturated carbocycles. The fourth-order valence-electron chi connectivity index (χ4n) is 4.34. The monoisotopic (exact) mass is 546 g/mol. The van der Waals surface area contributed by atoms with Crippen LogP contribution in [0.5, 0.6) is 5.75 Å². The first-order chi connectivity index (χ1) is 18.8. The number of aromatic nitrogens is 1. The third kappa shape index (κ3) is 5.58. The number of halogens is 2. The maximum Gasteiger partial charge on any atom is 0.338 e. The Kier molecular flexibility index (Phi) is 7.51. The number of esters is 1. The molecule has 2 heterocycles. The average Bonchev–Trinajstić information content (AvgIpc) is 3.22. The summed E-state index contributed by atoms with van der Waals surface area (Å²) in [4.78, 5) is 31.6. The van der Waals surface area contributed by atoms with Crippen molar-refractivity contribution in [2.45, 2.75) is 26.5 Å². The van der Waals surface area contributed by atoms with Crippen molar-refractivity contribution in [2.75, 3.05) is 6.61 Å². The fourth-order valence-corrected chi connectivity index (χ4v) is 5.39. The van der Waals surface area contributed by atoms with Crippen molar-refractivity contribution in [3.8, 4) is 5.75 Å². The molecule has 5 rings (SSSR count). The molecule has 3 aromatic carbocycles. The van der Waals surface area contributed by atoms with Crippen molar-refractivity contribution in [2.24, 2.45) is 4.99 Å². The van der Waals surface area contributed by atoms with Gasteiger partial charge in [-0.2, -0.15) is 0 Å². The van der Waals surface area contributed by atoms with Crippen LogP contribution in [-0.2, 0) is 16.1 Å². The maximum atomic E-state index is 13.7. The lowest BCUT2D eigenvalue weighted by Gasteiger charge is -2.24. The fraction of sp³-hybridized carbons (Fsp3) is 0.167. The second-order valence-electron chi connectivity index (χ2n) is 8.84. The van der Waals surface area contributed by atoms with Crippen molar-refractivity contribution in [3.63, 3.8) is 0 Å². The molecule has 0 unspecified atom stereocenters. The van der Waals surface area contributed by atoms with Gasteiger partial charge in [-0.1, -0.05) is 47.7 Å². The Bertz CT molecular complexity index is 1740. The summed E-state index contributed by atoms with van der Waals surface area (Å²) in [5.74, 6) is -0.724. The van der Waals surface area contributed by atoms with Gasteiger partial charge < -0.3 is 9.47 Å². The average molecular weight is 547 g/mol. The molecule has 0 fully saturated rings. The Hall–Kier alpha value is -4.37. The van der Waals surface area contributed by atoms with Crippen LogP contribution in [0.4, 0.5) is 8.78 Å². The van der Waals surface area contributed by atoms with Crippen LogP contribution in [0.2, 0.25) is 0 Å². The van der Waals surface area contributed by atoms with Gasteiger partial charge in [-0.25, -0.2) is 18.6 Å². The van der Waals surface area contributed by atoms with E-state index in [0.29, 0.717) is 26.3 Å². The van der Waals surface area contributed by atoms with E-state index in [4.69, 9.17) is 9.47 Å². The molecular weight excluding hydrogens is 522 g/mol. The lowest BCUT2D eigenvalue weighted by atomic mass is 9.96. The second-order valence-corrected chi connectivity index (χ2v) is 9.85. The van der Waals surface area contributed by atoms with Gasteiger partial charge in [0.15, 0.2) is 4.80 Å². The molecule has 1 atom stereocenters. The molecule has 198 valence electrons. The summed E-state index contributed by atoms with van der Waals surface area (Å²) in [7, 11) is 0. The van der Waals surface area contributed by atoms with Gasteiger partial charge in [0.05, 0.1) is 28.5 Å². The summed E-state index contributed by atoms with van der Waals surface area (Å²) in [6, 6.07) is 18.2. The summed E-state index contributed by atoms with van der Waals surface area (Å²) >= 11 is 1.20. The van der Waals surface area contributed by atoms with Crippen LogP contribution in [0.1, 0.15) is 36.6 Å². The number of thiazole rings is 1. The lowest BCUT2D eigenvalue weighted by Crippen LogP contribution is -2.39. The van der Waals surface area contributed by atoms with Gasteiger partial charge in [0.2, 0.25) is 0 Å². The Morgan fingerprint density at radius 1 is 1.05 bits per heavy atom. The number of rotatable bonds is 7. The topological polar surface area (TPSA) is 69.9 Å². The van der Waals surface area contributed by atoms with Gasteiger partial charge in [-0.3, -0.25) is 9.36 Å². The summed E-state index contributed by atoms with van der Waals surface area (Å²) in [5.41, 5.74) is 2.46. The molecular formula is C30H24F2N2O4S. The molecule has 0 saturated heterocycles. The highest BCUT2D eigenvalue weighted by Gasteiger charge is 2.33. The van der Waals surface area contributed by atoms with E-state index in [2.05, 4.69) is 4.99 Å². The van der Waals surface area contributed by atoms with Gasteiger partial charge in [0.25, 0.3) is 5.56 Å². The minimum Gasteiger partial charge on any atom is -0.489 e. The van der Waals surface area contributed by atoms with E-state index in [9.17, 15) is 18.4 Å². The Balaban J connectivity index is 1.53. The van der Waals surface area contributed by atoms with E-state index >= 15 is 0 Å². The van der Waals surface area contributed by atoms with E-state index < -0.39 is 17.8 Å². The number of fused-ring (bicyclic) bond motifs is 1. The summed E-state index contributed by atoms with van der Waals surface area (Å²) < 4.78 is 39.9. The van der Waals surface area contributed by atoms with Crippen LogP contribution in [0.3, 0.4) is 0 Å². The highest BCUT2D eigenvalue weighted by molar-refractivity contribution is 7.07. The molecule has 0 bridgehead atoms. The van der Waals surface area contributed by atoms with E-state index in [1.54, 1.807) is 56.3 Å². The van der Waals surface area contributed by atoms with E-state index in [1.165, 1.54) is 40.2 Å². The number of carbonyl (C=O) groups excluding carboxylic acids is 1. The first-order valence-electron chi connectivity index (χ1n) is 12.3. The normalized spacial score (nSPS) is 15.1. The number of allylic oxidation sites excluding steroid dienone is 1. The smallest absolute Gasteiger partial charge is 0.338 e. The number of benzene rings is 3. The molecule has 0 aliphatic carbocycles. The molecule has 9 heteroatoms. The van der Waals surface area contributed by atoms with E-state index in [-0.39, 0.29) is 30.2 Å². The molecule has 1 aromatic heterocycles.